The van der Waals surface area contributed by atoms with E-state index in [-0.39, 0.29) is 11.7 Å². The van der Waals surface area contributed by atoms with Gasteiger partial charge in [-0.15, -0.1) is 0 Å². The normalized spacial score (nSPS) is 18.4. The Bertz CT molecular complexity index is 301. The molecule has 1 rings (SSSR count). The van der Waals surface area contributed by atoms with Crippen LogP contribution < -0.4 is 5.32 Å². The molecule has 1 atom stereocenters. The first-order valence-electron chi connectivity index (χ1n) is 6.86. The Morgan fingerprint density at radius 1 is 1.28 bits per heavy atom. The van der Waals surface area contributed by atoms with E-state index >= 15 is 0 Å². The molecule has 4 nitrogen and oxygen atoms in total. The Hall–Kier alpha value is -1.06. The molecule has 0 aliphatic heterocycles. The molecule has 1 fully saturated rings. The van der Waals surface area contributed by atoms with Gasteiger partial charge in [-0.1, -0.05) is 19.8 Å². The van der Waals surface area contributed by atoms with Gasteiger partial charge in [0.25, 0.3) is 0 Å². The van der Waals surface area contributed by atoms with E-state index in [1.807, 2.05) is 27.7 Å². The number of ketones is 1. The summed E-state index contributed by atoms with van der Waals surface area (Å²) in [4.78, 5) is 23.9. The quantitative estimate of drug-likeness (QED) is 0.840. The van der Waals surface area contributed by atoms with Crippen molar-refractivity contribution in [1.82, 2.24) is 5.32 Å². The molecule has 18 heavy (non-hydrogen) atoms. The van der Waals surface area contributed by atoms with Crippen molar-refractivity contribution in [1.29, 1.82) is 0 Å². The van der Waals surface area contributed by atoms with Crippen LogP contribution in [0.2, 0.25) is 0 Å². The van der Waals surface area contributed by atoms with Crippen molar-refractivity contribution >= 4 is 11.9 Å². The molecule has 1 aliphatic rings. The van der Waals surface area contributed by atoms with Gasteiger partial charge in [-0.2, -0.15) is 0 Å². The summed E-state index contributed by atoms with van der Waals surface area (Å²) in [6.45, 7) is 7.35. The Labute approximate surface area is 109 Å². The molecule has 0 saturated heterocycles. The summed E-state index contributed by atoms with van der Waals surface area (Å²) in [7, 11) is 0. The van der Waals surface area contributed by atoms with Gasteiger partial charge in [-0.05, 0) is 40.0 Å². The van der Waals surface area contributed by atoms with Gasteiger partial charge in [0.05, 0.1) is 6.04 Å². The standard InChI is InChI=1S/C14H25NO3/c1-5-11(12(16)10-8-6-7-9-10)15-13(17)18-14(2,3)4/h10-11H,5-9H2,1-4H3,(H,15,17)/t11-/m1/s1. The third kappa shape index (κ3) is 4.67. The van der Waals surface area contributed by atoms with Gasteiger partial charge in [0.1, 0.15) is 5.60 Å². The molecule has 0 heterocycles. The van der Waals surface area contributed by atoms with Gasteiger partial charge in [0, 0.05) is 5.92 Å². The second kappa shape index (κ2) is 6.21. The highest BCUT2D eigenvalue weighted by atomic mass is 16.6. The molecule has 4 heteroatoms. The second-order valence-corrected chi connectivity index (χ2v) is 5.99. The highest BCUT2D eigenvalue weighted by molar-refractivity contribution is 5.89. The molecule has 0 unspecified atom stereocenters. The number of alkyl carbamates (subject to hydrolysis) is 1. The van der Waals surface area contributed by atoms with Gasteiger partial charge in [-0.3, -0.25) is 4.79 Å². The highest BCUT2D eigenvalue weighted by Crippen LogP contribution is 2.27. The van der Waals surface area contributed by atoms with Crippen LogP contribution in [0.5, 0.6) is 0 Å². The van der Waals surface area contributed by atoms with Crippen LogP contribution in [0.25, 0.3) is 0 Å². The van der Waals surface area contributed by atoms with Crippen molar-refractivity contribution in [3.63, 3.8) is 0 Å². The average molecular weight is 255 g/mol. The predicted octanol–water partition coefficient (Wildman–Crippen LogP) is 3.05. The minimum Gasteiger partial charge on any atom is -0.444 e. The fraction of sp³-hybridized carbons (Fsp3) is 0.857. The van der Waals surface area contributed by atoms with E-state index in [0.29, 0.717) is 6.42 Å². The topological polar surface area (TPSA) is 55.4 Å². The summed E-state index contributed by atoms with van der Waals surface area (Å²) < 4.78 is 5.18. The van der Waals surface area contributed by atoms with Crippen molar-refractivity contribution in [3.8, 4) is 0 Å². The van der Waals surface area contributed by atoms with Gasteiger partial charge >= 0.3 is 6.09 Å². The summed E-state index contributed by atoms with van der Waals surface area (Å²) >= 11 is 0. The number of rotatable bonds is 4. The Morgan fingerprint density at radius 3 is 2.28 bits per heavy atom. The second-order valence-electron chi connectivity index (χ2n) is 5.99. The first-order chi connectivity index (χ1) is 8.33. The first-order valence-corrected chi connectivity index (χ1v) is 6.86. The van der Waals surface area contributed by atoms with Crippen molar-refractivity contribution < 1.29 is 14.3 Å². The fourth-order valence-corrected chi connectivity index (χ4v) is 2.32. The molecule has 1 aliphatic carbocycles. The lowest BCUT2D eigenvalue weighted by Gasteiger charge is -2.23. The number of Topliss-reactive ketones (excluding diaryl/α,β-unsaturated/α-hetero) is 1. The number of nitrogens with one attached hydrogen (secondary N) is 1. The van der Waals surface area contributed by atoms with E-state index in [9.17, 15) is 9.59 Å². The molecule has 1 saturated carbocycles. The molecular formula is C14H25NO3. The number of ether oxygens (including phenoxy) is 1. The van der Waals surface area contributed by atoms with Crippen LogP contribution in [0, 0.1) is 5.92 Å². The number of hydrogen-bond acceptors (Lipinski definition) is 3. The number of carbonyl (C=O) groups is 2. The third-order valence-electron chi connectivity index (χ3n) is 3.20. The van der Waals surface area contributed by atoms with E-state index in [0.717, 1.165) is 25.7 Å². The molecular weight excluding hydrogens is 230 g/mol. The Kier molecular flexibility index (Phi) is 5.17. The van der Waals surface area contributed by atoms with Crippen LogP contribution in [-0.4, -0.2) is 23.5 Å². The van der Waals surface area contributed by atoms with E-state index in [1.165, 1.54) is 0 Å². The molecule has 0 aromatic rings. The van der Waals surface area contributed by atoms with Crippen LogP contribution in [0.3, 0.4) is 0 Å². The van der Waals surface area contributed by atoms with Crippen LogP contribution in [0.1, 0.15) is 59.8 Å². The minimum absolute atomic E-state index is 0.130. The summed E-state index contributed by atoms with van der Waals surface area (Å²) in [5, 5.41) is 2.69. The van der Waals surface area contributed by atoms with Gasteiger partial charge < -0.3 is 10.1 Å². The van der Waals surface area contributed by atoms with Gasteiger partial charge in [0.15, 0.2) is 5.78 Å². The molecule has 104 valence electrons. The molecule has 0 spiro atoms. The van der Waals surface area contributed by atoms with E-state index < -0.39 is 17.7 Å². The summed E-state index contributed by atoms with van der Waals surface area (Å²) in [6.07, 6.45) is 4.30. The van der Waals surface area contributed by atoms with Crippen LogP contribution in [-0.2, 0) is 9.53 Å². The summed E-state index contributed by atoms with van der Waals surface area (Å²) in [5.41, 5.74) is -0.529. The van der Waals surface area contributed by atoms with Gasteiger partial charge in [0.2, 0.25) is 0 Å². The zero-order valence-corrected chi connectivity index (χ0v) is 11.9. The summed E-state index contributed by atoms with van der Waals surface area (Å²) in [5.74, 6) is 0.297. The first kappa shape index (κ1) is 15.0. The molecule has 0 bridgehead atoms. The van der Waals surface area contributed by atoms with Crippen molar-refractivity contribution in [3.05, 3.63) is 0 Å². The zero-order chi connectivity index (χ0) is 13.8. The predicted molar refractivity (Wildman–Crippen MR) is 70.4 cm³/mol. The average Bonchev–Trinajstić information content (AvgIpc) is 2.75. The van der Waals surface area contributed by atoms with E-state index in [1.54, 1.807) is 0 Å². The maximum Gasteiger partial charge on any atom is 0.408 e. The lowest BCUT2D eigenvalue weighted by molar-refractivity contribution is -0.124. The molecule has 1 N–H and O–H groups in total. The maximum absolute atomic E-state index is 12.2. The fourth-order valence-electron chi connectivity index (χ4n) is 2.32. The van der Waals surface area contributed by atoms with Crippen LogP contribution in [0.4, 0.5) is 4.79 Å². The summed E-state index contributed by atoms with van der Waals surface area (Å²) in [6, 6.07) is -0.400. The maximum atomic E-state index is 12.2. The molecule has 0 aromatic heterocycles. The monoisotopic (exact) mass is 255 g/mol. The smallest absolute Gasteiger partial charge is 0.408 e. The SMILES string of the molecule is CC[C@@H](NC(=O)OC(C)(C)C)C(=O)C1CCCC1. The van der Waals surface area contributed by atoms with Crippen molar-refractivity contribution in [2.75, 3.05) is 0 Å². The van der Waals surface area contributed by atoms with Crippen LogP contribution >= 0.6 is 0 Å². The third-order valence-corrected chi connectivity index (χ3v) is 3.20. The van der Waals surface area contributed by atoms with E-state index in [2.05, 4.69) is 5.32 Å². The largest absolute Gasteiger partial charge is 0.444 e. The van der Waals surface area contributed by atoms with Crippen LogP contribution in [0.15, 0.2) is 0 Å². The molecule has 1 amide bonds. The lowest BCUT2D eigenvalue weighted by atomic mass is 9.95. The van der Waals surface area contributed by atoms with Crippen molar-refractivity contribution in [2.45, 2.75) is 71.4 Å². The van der Waals surface area contributed by atoms with Crippen molar-refractivity contribution in [2.24, 2.45) is 5.92 Å². The number of amides is 1. The van der Waals surface area contributed by atoms with E-state index in [4.69, 9.17) is 4.74 Å². The Morgan fingerprint density at radius 2 is 1.83 bits per heavy atom. The number of carbonyl (C=O) groups excluding carboxylic acids is 2. The zero-order valence-electron chi connectivity index (χ0n) is 11.9. The molecule has 0 aromatic carbocycles. The highest BCUT2D eigenvalue weighted by Gasteiger charge is 2.30. The minimum atomic E-state index is -0.529. The van der Waals surface area contributed by atoms with Gasteiger partial charge in [-0.25, -0.2) is 4.79 Å². The Balaban J connectivity index is 2.50. The number of hydrogen-bond donors (Lipinski definition) is 1. The lowest BCUT2D eigenvalue weighted by Crippen LogP contribution is -2.44. The molecule has 0 radical (unpaired) electrons.